The number of carbonyl (C=O) groups excluding carboxylic acids is 1. The molecule has 0 saturated heterocycles. The summed E-state index contributed by atoms with van der Waals surface area (Å²) in [5.74, 6) is -1.11. The van der Waals surface area contributed by atoms with Gasteiger partial charge in [0.25, 0.3) is 11.6 Å². The highest BCUT2D eigenvalue weighted by Gasteiger charge is 2.24. The summed E-state index contributed by atoms with van der Waals surface area (Å²) in [5, 5.41) is 25.3. The largest absolute Gasteiger partial charge is 0.360 e. The predicted molar refractivity (Wildman–Crippen MR) is 112 cm³/mol. The molecule has 3 N–H and O–H groups in total. The van der Waals surface area contributed by atoms with Crippen molar-refractivity contribution < 1.29 is 14.6 Å². The van der Waals surface area contributed by atoms with Gasteiger partial charge in [0.15, 0.2) is 0 Å². The molecule has 0 fully saturated rings. The van der Waals surface area contributed by atoms with Gasteiger partial charge < -0.3 is 5.32 Å². The average molecular weight is 444 g/mol. The van der Waals surface area contributed by atoms with Gasteiger partial charge in [0.2, 0.25) is 11.6 Å². The molecular formula is C18H14ClN7O5. The molecule has 31 heavy (non-hydrogen) atoms. The van der Waals surface area contributed by atoms with Crippen LogP contribution in [-0.2, 0) is 6.54 Å². The molecule has 0 aliphatic carbocycles. The summed E-state index contributed by atoms with van der Waals surface area (Å²) in [5.41, 5.74) is 4.44. The number of hydrazine groups is 1. The maximum absolute atomic E-state index is 12.3. The van der Waals surface area contributed by atoms with Crippen molar-refractivity contribution in [3.63, 3.8) is 0 Å². The number of nitrogens with zero attached hydrogens (tertiary/aromatic N) is 4. The smallest absolute Gasteiger partial charge is 0.354 e. The van der Waals surface area contributed by atoms with Crippen molar-refractivity contribution in [1.82, 2.24) is 15.4 Å². The molecule has 1 aromatic heterocycles. The predicted octanol–water partition coefficient (Wildman–Crippen LogP) is 3.32. The molecule has 12 nitrogen and oxygen atoms in total. The first kappa shape index (κ1) is 21.4. The third-order valence-electron chi connectivity index (χ3n) is 4.01. The molecule has 0 unspecified atom stereocenters. The van der Waals surface area contributed by atoms with Crippen LogP contribution in [0.4, 0.5) is 23.0 Å². The van der Waals surface area contributed by atoms with Crippen LogP contribution in [0.2, 0.25) is 5.02 Å². The van der Waals surface area contributed by atoms with Crippen LogP contribution in [0.3, 0.4) is 0 Å². The zero-order chi connectivity index (χ0) is 22.4. The SMILES string of the molecule is O=C(NNc1ncnc(NCc2ccccc2)c1[N+](=O)[O-])c1ccc(Cl)c([N+](=O)[O-])c1. The summed E-state index contributed by atoms with van der Waals surface area (Å²) >= 11 is 5.73. The van der Waals surface area contributed by atoms with Gasteiger partial charge in [-0.05, 0) is 17.7 Å². The Hall–Kier alpha value is -4.32. The van der Waals surface area contributed by atoms with Crippen LogP contribution in [0.5, 0.6) is 0 Å². The van der Waals surface area contributed by atoms with E-state index in [9.17, 15) is 25.0 Å². The molecule has 0 spiro atoms. The molecule has 0 aliphatic rings. The first-order valence-corrected chi connectivity index (χ1v) is 9.02. The average Bonchev–Trinajstić information content (AvgIpc) is 2.76. The van der Waals surface area contributed by atoms with Crippen molar-refractivity contribution >= 4 is 40.5 Å². The van der Waals surface area contributed by atoms with Gasteiger partial charge in [0, 0.05) is 18.2 Å². The zero-order valence-corrected chi connectivity index (χ0v) is 16.4. The van der Waals surface area contributed by atoms with Crippen molar-refractivity contribution in [3.05, 3.63) is 91.2 Å². The van der Waals surface area contributed by atoms with Crippen LogP contribution in [0.15, 0.2) is 54.9 Å². The molecule has 0 atom stereocenters. The van der Waals surface area contributed by atoms with E-state index in [4.69, 9.17) is 11.6 Å². The molecule has 3 aromatic rings. The Morgan fingerprint density at radius 3 is 2.39 bits per heavy atom. The van der Waals surface area contributed by atoms with Gasteiger partial charge in [-0.25, -0.2) is 9.97 Å². The minimum Gasteiger partial charge on any atom is -0.360 e. The maximum atomic E-state index is 12.3. The number of amides is 1. The third kappa shape index (κ3) is 5.19. The second kappa shape index (κ2) is 9.45. The van der Waals surface area contributed by atoms with E-state index in [1.54, 1.807) is 0 Å². The Bertz CT molecular complexity index is 1140. The van der Waals surface area contributed by atoms with Crippen molar-refractivity contribution in [2.75, 3.05) is 10.7 Å². The van der Waals surface area contributed by atoms with Gasteiger partial charge in [-0.1, -0.05) is 41.9 Å². The minimum absolute atomic E-state index is 0.0530. The molecule has 0 radical (unpaired) electrons. The summed E-state index contributed by atoms with van der Waals surface area (Å²) in [7, 11) is 0. The van der Waals surface area contributed by atoms with E-state index in [0.717, 1.165) is 18.0 Å². The summed E-state index contributed by atoms with van der Waals surface area (Å²) in [6.07, 6.45) is 1.09. The molecule has 0 bridgehead atoms. The van der Waals surface area contributed by atoms with E-state index >= 15 is 0 Å². The number of carbonyl (C=O) groups is 1. The molecule has 13 heteroatoms. The number of nitrogens with one attached hydrogen (secondary N) is 3. The molecular weight excluding hydrogens is 430 g/mol. The lowest BCUT2D eigenvalue weighted by molar-refractivity contribution is -0.384. The molecule has 158 valence electrons. The van der Waals surface area contributed by atoms with Gasteiger partial charge in [-0.2, -0.15) is 0 Å². The summed E-state index contributed by atoms with van der Waals surface area (Å²) in [6.45, 7) is 0.277. The molecule has 0 aliphatic heterocycles. The molecule has 3 rings (SSSR count). The van der Waals surface area contributed by atoms with Crippen LogP contribution in [0.25, 0.3) is 0 Å². The minimum atomic E-state index is -0.786. The fourth-order valence-electron chi connectivity index (χ4n) is 2.54. The quantitative estimate of drug-likeness (QED) is 0.349. The highest BCUT2D eigenvalue weighted by molar-refractivity contribution is 6.32. The second-order valence-electron chi connectivity index (χ2n) is 6.02. The Kier molecular flexibility index (Phi) is 6.52. The molecule has 1 heterocycles. The number of hydrogen-bond acceptors (Lipinski definition) is 9. The lowest BCUT2D eigenvalue weighted by atomic mass is 10.2. The van der Waals surface area contributed by atoms with Gasteiger partial charge in [-0.15, -0.1) is 0 Å². The summed E-state index contributed by atoms with van der Waals surface area (Å²) in [6, 6.07) is 12.6. The Morgan fingerprint density at radius 2 is 1.71 bits per heavy atom. The van der Waals surface area contributed by atoms with Gasteiger partial charge >= 0.3 is 5.69 Å². The number of nitro groups is 2. The van der Waals surface area contributed by atoms with Gasteiger partial charge in [0.05, 0.1) is 9.85 Å². The second-order valence-corrected chi connectivity index (χ2v) is 6.43. The highest BCUT2D eigenvalue weighted by Crippen LogP contribution is 2.29. The number of nitro benzene ring substituents is 1. The lowest BCUT2D eigenvalue weighted by Crippen LogP contribution is -2.30. The third-order valence-corrected chi connectivity index (χ3v) is 4.33. The first-order valence-electron chi connectivity index (χ1n) is 8.64. The maximum Gasteiger partial charge on any atom is 0.354 e. The van der Waals surface area contributed by atoms with Crippen molar-refractivity contribution in [1.29, 1.82) is 0 Å². The van der Waals surface area contributed by atoms with Crippen molar-refractivity contribution in [2.24, 2.45) is 0 Å². The number of halogens is 1. The van der Waals surface area contributed by atoms with Gasteiger partial charge in [0.1, 0.15) is 11.3 Å². The van der Waals surface area contributed by atoms with E-state index in [1.165, 1.54) is 12.1 Å². The number of benzene rings is 2. The summed E-state index contributed by atoms with van der Waals surface area (Å²) < 4.78 is 0. The van der Waals surface area contributed by atoms with Crippen LogP contribution in [0, 0.1) is 20.2 Å². The Labute approximate surface area is 179 Å². The van der Waals surface area contributed by atoms with Crippen molar-refractivity contribution in [2.45, 2.75) is 6.54 Å². The number of rotatable bonds is 8. The standard InChI is InChI=1S/C18H14ClN7O5/c19-13-7-6-12(8-14(13)25(28)29)18(27)24-23-17-15(26(30)31)16(21-10-22-17)20-9-11-4-2-1-3-5-11/h1-8,10H,9H2,(H,24,27)(H2,20,21,22,23). The normalized spacial score (nSPS) is 10.2. The summed E-state index contributed by atoms with van der Waals surface area (Å²) in [4.78, 5) is 41.1. The highest BCUT2D eigenvalue weighted by atomic mass is 35.5. The molecule has 2 aromatic carbocycles. The molecule has 0 saturated carbocycles. The fraction of sp³-hybridized carbons (Fsp3) is 0.0556. The van der Waals surface area contributed by atoms with E-state index in [2.05, 4.69) is 26.1 Å². The fourth-order valence-corrected chi connectivity index (χ4v) is 2.72. The topological polar surface area (TPSA) is 165 Å². The van der Waals surface area contributed by atoms with E-state index in [-0.39, 0.29) is 28.8 Å². The van der Waals surface area contributed by atoms with Crippen molar-refractivity contribution in [3.8, 4) is 0 Å². The first-order chi connectivity index (χ1) is 14.9. The Balaban J connectivity index is 1.77. The number of aromatic nitrogens is 2. The molecule has 1 amide bonds. The van der Waals surface area contributed by atoms with Crippen LogP contribution < -0.4 is 16.2 Å². The zero-order valence-electron chi connectivity index (χ0n) is 15.6. The van der Waals surface area contributed by atoms with Crippen LogP contribution in [-0.4, -0.2) is 25.7 Å². The monoisotopic (exact) mass is 443 g/mol. The number of anilines is 2. The van der Waals surface area contributed by atoms with E-state index in [0.29, 0.717) is 0 Å². The van der Waals surface area contributed by atoms with Crippen LogP contribution in [0.1, 0.15) is 15.9 Å². The van der Waals surface area contributed by atoms with Gasteiger partial charge in [-0.3, -0.25) is 35.9 Å². The van der Waals surface area contributed by atoms with E-state index < -0.39 is 27.1 Å². The lowest BCUT2D eigenvalue weighted by Gasteiger charge is -2.11. The van der Waals surface area contributed by atoms with E-state index in [1.807, 2.05) is 30.3 Å². The Morgan fingerprint density at radius 1 is 1.00 bits per heavy atom. The number of hydrogen-bond donors (Lipinski definition) is 3. The van der Waals surface area contributed by atoms with Crippen LogP contribution >= 0.6 is 11.6 Å².